The van der Waals surface area contributed by atoms with Crippen LogP contribution < -0.4 is 0 Å². The highest BCUT2D eigenvalue weighted by Gasteiger charge is 1.95. The molecular weight excluding hydrogens is 240 g/mol. The molecule has 102 valence electrons. The Bertz CT molecular complexity index is 537. The van der Waals surface area contributed by atoms with Crippen LogP contribution in [0.15, 0.2) is 97.7 Å². The molecule has 0 N–H and O–H groups in total. The van der Waals surface area contributed by atoms with Gasteiger partial charge in [0.2, 0.25) is 0 Å². The molecule has 1 aromatic carbocycles. The SMILES string of the molecule is C1=CCC=C(c2ccccc2)C=C1.C=C/C=C(/C)C=C. The zero-order valence-electron chi connectivity index (χ0n) is 12.1. The molecule has 1 aliphatic carbocycles. The van der Waals surface area contributed by atoms with Crippen LogP contribution in [0, 0.1) is 0 Å². The molecule has 0 fully saturated rings. The van der Waals surface area contributed by atoms with Crippen molar-refractivity contribution in [1.29, 1.82) is 0 Å². The summed E-state index contributed by atoms with van der Waals surface area (Å²) < 4.78 is 0. The standard InChI is InChI=1S/C13H12.C7H10/c1-2-5-9-12(8-4-1)13-10-6-3-7-11-13;1-4-6-7(3)5-2/h1-4,6-11H,5H2;4-6H,1-2H2,3H3/b;7-6-. The smallest absolute Gasteiger partial charge is 0.0157 e. The Morgan fingerprint density at radius 3 is 2.45 bits per heavy atom. The van der Waals surface area contributed by atoms with E-state index in [1.807, 2.05) is 19.1 Å². The molecular formula is C20H22. The first kappa shape index (κ1) is 15.7. The van der Waals surface area contributed by atoms with E-state index in [2.05, 4.69) is 67.8 Å². The molecule has 0 unspecified atom stereocenters. The van der Waals surface area contributed by atoms with Gasteiger partial charge in [-0.25, -0.2) is 0 Å². The summed E-state index contributed by atoms with van der Waals surface area (Å²) in [7, 11) is 0. The molecule has 0 spiro atoms. The van der Waals surface area contributed by atoms with E-state index >= 15 is 0 Å². The van der Waals surface area contributed by atoms with Crippen molar-refractivity contribution < 1.29 is 0 Å². The predicted octanol–water partition coefficient (Wildman–Crippen LogP) is 5.89. The Balaban J connectivity index is 0.000000246. The van der Waals surface area contributed by atoms with Crippen molar-refractivity contribution in [3.05, 3.63) is 103 Å². The molecule has 0 amide bonds. The third kappa shape index (κ3) is 6.01. The summed E-state index contributed by atoms with van der Waals surface area (Å²) in [4.78, 5) is 0. The van der Waals surface area contributed by atoms with Crippen molar-refractivity contribution in [2.75, 3.05) is 0 Å². The summed E-state index contributed by atoms with van der Waals surface area (Å²) in [6.45, 7) is 9.07. The molecule has 0 bridgehead atoms. The van der Waals surface area contributed by atoms with Crippen LogP contribution >= 0.6 is 0 Å². The monoisotopic (exact) mass is 262 g/mol. The molecule has 0 saturated carbocycles. The summed E-state index contributed by atoms with van der Waals surface area (Å²) in [6.07, 6.45) is 17.2. The molecule has 1 aliphatic rings. The molecule has 20 heavy (non-hydrogen) atoms. The second kappa shape index (κ2) is 9.57. The minimum atomic E-state index is 1.03. The van der Waals surface area contributed by atoms with Gasteiger partial charge in [0.05, 0.1) is 0 Å². The Morgan fingerprint density at radius 2 is 1.85 bits per heavy atom. The van der Waals surface area contributed by atoms with E-state index in [-0.39, 0.29) is 0 Å². The summed E-state index contributed by atoms with van der Waals surface area (Å²) in [6, 6.07) is 10.5. The first-order valence-electron chi connectivity index (χ1n) is 6.78. The minimum Gasteiger partial charge on any atom is -0.0991 e. The van der Waals surface area contributed by atoms with Gasteiger partial charge in [-0.3, -0.25) is 0 Å². The molecule has 0 radical (unpaired) electrons. The van der Waals surface area contributed by atoms with Gasteiger partial charge in [0.1, 0.15) is 0 Å². The van der Waals surface area contributed by atoms with Gasteiger partial charge >= 0.3 is 0 Å². The highest BCUT2D eigenvalue weighted by Crippen LogP contribution is 2.17. The highest BCUT2D eigenvalue weighted by atomic mass is 14.0. The van der Waals surface area contributed by atoms with Crippen LogP contribution in [0.25, 0.3) is 5.57 Å². The summed E-state index contributed by atoms with van der Waals surface area (Å²) in [5, 5.41) is 0. The van der Waals surface area contributed by atoms with E-state index in [1.54, 1.807) is 12.2 Å². The van der Waals surface area contributed by atoms with Crippen molar-refractivity contribution in [2.24, 2.45) is 0 Å². The van der Waals surface area contributed by atoms with Crippen molar-refractivity contribution in [3.8, 4) is 0 Å². The third-order valence-corrected chi connectivity index (χ3v) is 2.81. The van der Waals surface area contributed by atoms with Crippen molar-refractivity contribution in [3.63, 3.8) is 0 Å². The zero-order chi connectivity index (χ0) is 14.6. The summed E-state index contributed by atoms with van der Waals surface area (Å²) >= 11 is 0. The first-order valence-corrected chi connectivity index (χ1v) is 6.78. The molecule has 0 nitrogen and oxygen atoms in total. The molecule has 0 saturated heterocycles. The Kier molecular flexibility index (Phi) is 7.52. The number of hydrogen-bond donors (Lipinski definition) is 0. The number of benzene rings is 1. The Morgan fingerprint density at radius 1 is 1.10 bits per heavy atom. The molecule has 0 heterocycles. The van der Waals surface area contributed by atoms with Crippen molar-refractivity contribution in [2.45, 2.75) is 13.3 Å². The van der Waals surface area contributed by atoms with Crippen LogP contribution in [-0.4, -0.2) is 0 Å². The third-order valence-electron chi connectivity index (χ3n) is 2.81. The quantitative estimate of drug-likeness (QED) is 0.596. The predicted molar refractivity (Wildman–Crippen MR) is 91.5 cm³/mol. The minimum absolute atomic E-state index is 1.03. The van der Waals surface area contributed by atoms with Crippen molar-refractivity contribution >= 4 is 5.57 Å². The van der Waals surface area contributed by atoms with Gasteiger partial charge in [-0.15, -0.1) is 0 Å². The van der Waals surface area contributed by atoms with E-state index in [0.717, 1.165) is 12.0 Å². The largest absolute Gasteiger partial charge is 0.0991 e. The second-order valence-electron chi connectivity index (χ2n) is 4.40. The lowest BCUT2D eigenvalue weighted by molar-refractivity contribution is 1.40. The lowest BCUT2D eigenvalue weighted by atomic mass is 10.1. The Labute approximate surface area is 122 Å². The average molecular weight is 262 g/mol. The van der Waals surface area contributed by atoms with Gasteiger partial charge in [-0.2, -0.15) is 0 Å². The zero-order valence-corrected chi connectivity index (χ0v) is 12.1. The van der Waals surface area contributed by atoms with Crippen LogP contribution in [0.1, 0.15) is 18.9 Å². The Hall–Kier alpha value is -2.34. The molecule has 0 aliphatic heterocycles. The lowest BCUT2D eigenvalue weighted by Gasteiger charge is -2.00. The number of hydrogen-bond acceptors (Lipinski definition) is 0. The fraction of sp³-hybridized carbons (Fsp3) is 0.100. The second-order valence-corrected chi connectivity index (χ2v) is 4.40. The molecule has 0 atom stereocenters. The first-order chi connectivity index (χ1) is 9.77. The van der Waals surface area contributed by atoms with Crippen LogP contribution in [-0.2, 0) is 0 Å². The van der Waals surface area contributed by atoms with E-state index in [4.69, 9.17) is 0 Å². The number of rotatable bonds is 3. The van der Waals surface area contributed by atoms with E-state index in [1.165, 1.54) is 11.1 Å². The van der Waals surface area contributed by atoms with Crippen LogP contribution in [0.5, 0.6) is 0 Å². The maximum absolute atomic E-state index is 3.56. The molecule has 0 aromatic heterocycles. The average Bonchev–Trinajstić information content (AvgIpc) is 2.78. The fourth-order valence-electron chi connectivity index (χ4n) is 1.68. The highest BCUT2D eigenvalue weighted by molar-refractivity contribution is 5.74. The van der Waals surface area contributed by atoms with Gasteiger partial charge in [0, 0.05) is 0 Å². The molecule has 0 heteroatoms. The summed E-state index contributed by atoms with van der Waals surface area (Å²) in [5.41, 5.74) is 3.75. The van der Waals surface area contributed by atoms with E-state index in [0.29, 0.717) is 0 Å². The van der Waals surface area contributed by atoms with Gasteiger partial charge in [-0.05, 0) is 24.5 Å². The van der Waals surface area contributed by atoms with E-state index < -0.39 is 0 Å². The maximum Gasteiger partial charge on any atom is -0.0157 e. The summed E-state index contributed by atoms with van der Waals surface area (Å²) in [5.74, 6) is 0. The van der Waals surface area contributed by atoms with Crippen LogP contribution in [0.4, 0.5) is 0 Å². The van der Waals surface area contributed by atoms with Crippen molar-refractivity contribution in [1.82, 2.24) is 0 Å². The molecule has 1 aromatic rings. The van der Waals surface area contributed by atoms with Gasteiger partial charge in [0.25, 0.3) is 0 Å². The van der Waals surface area contributed by atoms with Gasteiger partial charge in [-0.1, -0.05) is 97.7 Å². The lowest BCUT2D eigenvalue weighted by Crippen LogP contribution is -1.78. The normalized spacial score (nSPS) is 13.7. The maximum atomic E-state index is 3.56. The van der Waals surface area contributed by atoms with Gasteiger partial charge in [0.15, 0.2) is 0 Å². The fourth-order valence-corrected chi connectivity index (χ4v) is 1.68. The number of allylic oxidation sites excluding steroid dienone is 10. The van der Waals surface area contributed by atoms with E-state index in [9.17, 15) is 0 Å². The van der Waals surface area contributed by atoms with Crippen LogP contribution in [0.2, 0.25) is 0 Å². The molecule has 2 rings (SSSR count). The van der Waals surface area contributed by atoms with Gasteiger partial charge < -0.3 is 0 Å². The topological polar surface area (TPSA) is 0 Å². The van der Waals surface area contributed by atoms with Crippen LogP contribution in [0.3, 0.4) is 0 Å².